The molecule has 3 aromatic rings. The standard InChI is InChI=1S/C18H11F7N2O/c1-26-15(10-2-4-11(5-3-10)17(20,21)22)9-27(28)16(26)13-7-6-12(8-14(13)19)18(23,24)25/h2-9H,1H3. The van der Waals surface area contributed by atoms with Crippen LogP contribution in [-0.4, -0.2) is 4.57 Å². The number of aromatic nitrogens is 2. The summed E-state index contributed by atoms with van der Waals surface area (Å²) in [5, 5.41) is 12.2. The van der Waals surface area contributed by atoms with Gasteiger partial charge >= 0.3 is 12.4 Å². The molecule has 0 amide bonds. The fourth-order valence-electron chi connectivity index (χ4n) is 2.79. The number of nitrogens with zero attached hydrogens (tertiary/aromatic N) is 2. The fourth-order valence-corrected chi connectivity index (χ4v) is 2.79. The molecule has 1 heterocycles. The maximum atomic E-state index is 14.2. The molecule has 0 radical (unpaired) electrons. The predicted molar refractivity (Wildman–Crippen MR) is 85.2 cm³/mol. The number of imidazole rings is 1. The molecule has 0 saturated carbocycles. The van der Waals surface area contributed by atoms with Crippen molar-refractivity contribution in [1.82, 2.24) is 4.57 Å². The van der Waals surface area contributed by atoms with Gasteiger partial charge in [0.2, 0.25) is 0 Å². The SMILES string of the molecule is Cn1c(-c2ccc(C(F)(F)F)cc2)c[n+]([O-])c1-c1ccc(C(F)(F)F)cc1F. The highest BCUT2D eigenvalue weighted by atomic mass is 19.4. The van der Waals surface area contributed by atoms with Crippen molar-refractivity contribution in [3.8, 4) is 22.6 Å². The van der Waals surface area contributed by atoms with Gasteiger partial charge in [0.05, 0.1) is 18.2 Å². The van der Waals surface area contributed by atoms with E-state index in [1.165, 1.54) is 11.6 Å². The van der Waals surface area contributed by atoms with Crippen LogP contribution in [-0.2, 0) is 19.4 Å². The minimum atomic E-state index is -4.74. The Bertz CT molecular complexity index is 1020. The summed E-state index contributed by atoms with van der Waals surface area (Å²) in [7, 11) is 1.36. The molecular formula is C18H11F7N2O. The van der Waals surface area contributed by atoms with E-state index in [9.17, 15) is 35.9 Å². The van der Waals surface area contributed by atoms with Crippen LogP contribution >= 0.6 is 0 Å². The quantitative estimate of drug-likeness (QED) is 0.330. The molecule has 0 fully saturated rings. The Hall–Kier alpha value is -3.04. The molecule has 0 atom stereocenters. The first-order valence-electron chi connectivity index (χ1n) is 7.73. The van der Waals surface area contributed by atoms with Crippen molar-refractivity contribution in [2.45, 2.75) is 12.4 Å². The highest BCUT2D eigenvalue weighted by molar-refractivity contribution is 5.64. The van der Waals surface area contributed by atoms with E-state index in [1.807, 2.05) is 0 Å². The summed E-state index contributed by atoms with van der Waals surface area (Å²) < 4.78 is 91.7. The van der Waals surface area contributed by atoms with E-state index in [4.69, 9.17) is 0 Å². The Kier molecular flexibility index (Phi) is 4.60. The smallest absolute Gasteiger partial charge is 0.416 e. The van der Waals surface area contributed by atoms with Gasteiger partial charge < -0.3 is 5.21 Å². The van der Waals surface area contributed by atoms with E-state index in [0.29, 0.717) is 6.07 Å². The van der Waals surface area contributed by atoms with E-state index < -0.39 is 29.3 Å². The fraction of sp³-hybridized carbons (Fsp3) is 0.167. The van der Waals surface area contributed by atoms with Crippen LogP contribution in [0.3, 0.4) is 0 Å². The molecule has 0 unspecified atom stereocenters. The van der Waals surface area contributed by atoms with Crippen LogP contribution in [0.25, 0.3) is 22.6 Å². The van der Waals surface area contributed by atoms with Crippen LogP contribution in [0.2, 0.25) is 0 Å². The van der Waals surface area contributed by atoms with E-state index in [1.54, 1.807) is 0 Å². The first kappa shape index (κ1) is 19.7. The van der Waals surface area contributed by atoms with Gasteiger partial charge in [-0.15, -0.1) is 0 Å². The van der Waals surface area contributed by atoms with Crippen molar-refractivity contribution in [2.24, 2.45) is 7.05 Å². The molecule has 0 aliphatic heterocycles. The Morgan fingerprint density at radius 3 is 1.89 bits per heavy atom. The average Bonchev–Trinajstić information content (AvgIpc) is 2.88. The first-order valence-corrected chi connectivity index (χ1v) is 7.73. The van der Waals surface area contributed by atoms with Crippen LogP contribution in [0.15, 0.2) is 48.7 Å². The molecule has 0 N–H and O–H groups in total. The Morgan fingerprint density at radius 2 is 1.39 bits per heavy atom. The van der Waals surface area contributed by atoms with Gasteiger partial charge in [-0.1, -0.05) is 0 Å². The van der Waals surface area contributed by atoms with Gasteiger partial charge in [-0.2, -0.15) is 26.3 Å². The molecule has 0 aliphatic carbocycles. The number of hydrogen-bond donors (Lipinski definition) is 0. The first-order chi connectivity index (χ1) is 12.9. The molecule has 0 spiro atoms. The summed E-state index contributed by atoms with van der Waals surface area (Å²) in [5.74, 6) is -1.54. The Balaban J connectivity index is 2.06. The van der Waals surface area contributed by atoms with Crippen LogP contribution in [0.4, 0.5) is 30.7 Å². The minimum Gasteiger partial charge on any atom is -0.710 e. The molecule has 2 aromatic carbocycles. The van der Waals surface area contributed by atoms with Crippen molar-refractivity contribution in [3.05, 3.63) is 70.8 Å². The molecule has 10 heteroatoms. The van der Waals surface area contributed by atoms with Gasteiger partial charge in [-0.25, -0.2) is 13.7 Å². The van der Waals surface area contributed by atoms with Crippen LogP contribution in [0.1, 0.15) is 11.1 Å². The highest BCUT2D eigenvalue weighted by Gasteiger charge is 2.33. The van der Waals surface area contributed by atoms with Crippen LogP contribution in [0.5, 0.6) is 0 Å². The van der Waals surface area contributed by atoms with E-state index in [2.05, 4.69) is 0 Å². The number of alkyl halides is 6. The predicted octanol–water partition coefficient (Wildman–Crippen LogP) is 5.17. The van der Waals surface area contributed by atoms with E-state index in [-0.39, 0.29) is 33.4 Å². The van der Waals surface area contributed by atoms with E-state index >= 15 is 0 Å². The molecule has 3 nitrogen and oxygen atoms in total. The van der Waals surface area contributed by atoms with Gasteiger partial charge in [-0.05, 0) is 42.5 Å². The van der Waals surface area contributed by atoms with Gasteiger partial charge in [0.15, 0.2) is 5.69 Å². The summed E-state index contributed by atoms with van der Waals surface area (Å²) >= 11 is 0. The van der Waals surface area contributed by atoms with Crippen LogP contribution < -0.4 is 4.73 Å². The number of rotatable bonds is 2. The maximum absolute atomic E-state index is 14.2. The lowest BCUT2D eigenvalue weighted by Crippen LogP contribution is -2.27. The molecule has 28 heavy (non-hydrogen) atoms. The normalized spacial score (nSPS) is 12.4. The maximum Gasteiger partial charge on any atom is 0.416 e. The molecule has 3 rings (SSSR count). The lowest BCUT2D eigenvalue weighted by atomic mass is 10.1. The Labute approximate surface area is 153 Å². The van der Waals surface area contributed by atoms with Gasteiger partial charge in [0, 0.05) is 5.56 Å². The zero-order valence-corrected chi connectivity index (χ0v) is 14.1. The molecule has 148 valence electrons. The molecular weight excluding hydrogens is 393 g/mol. The average molecular weight is 404 g/mol. The highest BCUT2D eigenvalue weighted by Crippen LogP contribution is 2.34. The third-order valence-corrected chi connectivity index (χ3v) is 4.17. The molecule has 0 bridgehead atoms. The summed E-state index contributed by atoms with van der Waals surface area (Å²) in [4.78, 5) is 0. The number of hydrogen-bond acceptors (Lipinski definition) is 1. The third-order valence-electron chi connectivity index (χ3n) is 4.17. The zero-order valence-electron chi connectivity index (χ0n) is 14.1. The van der Waals surface area contributed by atoms with Crippen molar-refractivity contribution in [3.63, 3.8) is 0 Å². The summed E-state index contributed by atoms with van der Waals surface area (Å²) in [5.41, 5.74) is -2.04. The number of benzene rings is 2. The lowest BCUT2D eigenvalue weighted by molar-refractivity contribution is -0.592. The van der Waals surface area contributed by atoms with Crippen molar-refractivity contribution < 1.29 is 35.5 Å². The summed E-state index contributed by atoms with van der Waals surface area (Å²) in [6.45, 7) is 0. The van der Waals surface area contributed by atoms with Crippen molar-refractivity contribution >= 4 is 0 Å². The van der Waals surface area contributed by atoms with Crippen molar-refractivity contribution in [2.75, 3.05) is 0 Å². The Morgan fingerprint density at radius 1 is 0.857 bits per heavy atom. The zero-order chi connectivity index (χ0) is 20.9. The van der Waals surface area contributed by atoms with Gasteiger partial charge in [0.1, 0.15) is 17.6 Å². The molecule has 0 saturated heterocycles. The third kappa shape index (κ3) is 3.54. The molecule has 1 aromatic heterocycles. The largest absolute Gasteiger partial charge is 0.710 e. The summed E-state index contributed by atoms with van der Waals surface area (Å²) in [6, 6.07) is 5.70. The lowest BCUT2D eigenvalue weighted by Gasteiger charge is -2.09. The summed E-state index contributed by atoms with van der Waals surface area (Å²) in [6.07, 6.45) is -8.26. The van der Waals surface area contributed by atoms with Crippen molar-refractivity contribution in [1.29, 1.82) is 0 Å². The van der Waals surface area contributed by atoms with E-state index in [0.717, 1.165) is 36.5 Å². The number of halogens is 7. The second kappa shape index (κ2) is 6.54. The second-order valence-electron chi connectivity index (χ2n) is 5.99. The second-order valence-corrected chi connectivity index (χ2v) is 5.99. The van der Waals surface area contributed by atoms with Crippen LogP contribution in [0, 0.1) is 11.0 Å². The van der Waals surface area contributed by atoms with Gasteiger partial charge in [-0.3, -0.25) is 0 Å². The van der Waals surface area contributed by atoms with Gasteiger partial charge in [0.25, 0.3) is 5.82 Å². The molecule has 0 aliphatic rings. The topological polar surface area (TPSA) is 31.9 Å². The minimum absolute atomic E-state index is 0.165. The monoisotopic (exact) mass is 404 g/mol.